The summed E-state index contributed by atoms with van der Waals surface area (Å²) in [6.07, 6.45) is -3.20. The molecule has 0 atom stereocenters. The molecule has 0 aromatic heterocycles. The van der Waals surface area contributed by atoms with Crippen LogP contribution in [-0.4, -0.2) is 12.8 Å². The van der Waals surface area contributed by atoms with Crippen LogP contribution in [0.1, 0.15) is 16.7 Å². The molecule has 0 radical (unpaired) electrons. The van der Waals surface area contributed by atoms with Gasteiger partial charge in [0.1, 0.15) is 5.82 Å². The predicted octanol–water partition coefficient (Wildman–Crippen LogP) is 4.22. The molecule has 0 aliphatic heterocycles. The van der Waals surface area contributed by atoms with E-state index in [9.17, 15) is 22.4 Å². The van der Waals surface area contributed by atoms with Crippen LogP contribution in [0.5, 0.6) is 0 Å². The summed E-state index contributed by atoms with van der Waals surface area (Å²) in [4.78, 5) is 12.5. The van der Waals surface area contributed by atoms with Crippen LogP contribution in [0.25, 0.3) is 5.57 Å². The fourth-order valence-electron chi connectivity index (χ4n) is 2.24. The lowest BCUT2D eigenvalue weighted by Gasteiger charge is -2.10. The number of halogens is 4. The van der Waals surface area contributed by atoms with Gasteiger partial charge in [0, 0.05) is 25.2 Å². The molecule has 0 spiro atoms. The van der Waals surface area contributed by atoms with Gasteiger partial charge in [-0.15, -0.1) is 0 Å². The lowest BCUT2D eigenvalue weighted by Crippen LogP contribution is -2.11. The van der Waals surface area contributed by atoms with Crippen LogP contribution in [0.15, 0.2) is 54.7 Å². The van der Waals surface area contributed by atoms with Gasteiger partial charge in [0.05, 0.1) is 5.56 Å². The van der Waals surface area contributed by atoms with Gasteiger partial charge < -0.3 is 5.32 Å². The predicted molar refractivity (Wildman–Crippen MR) is 83.6 cm³/mol. The number of Topliss-reactive ketones (excluding diaryl/α,β-unsaturated/α-hetero) is 1. The standard InChI is InChI=1S/C18H15F4NO/c1-23-11-16(13-5-7-15(19)8-6-13)17(24)10-12-3-2-4-14(9-12)18(20,21)22/h2-9,11,23H,10H2,1H3. The molecule has 0 aliphatic carbocycles. The first-order valence-corrected chi connectivity index (χ1v) is 7.14. The SMILES string of the molecule is CNC=C(C(=O)Cc1cccc(C(F)(F)F)c1)c1ccc(F)cc1. The molecule has 2 aromatic carbocycles. The highest BCUT2D eigenvalue weighted by molar-refractivity contribution is 6.21. The Morgan fingerprint density at radius 1 is 1.12 bits per heavy atom. The lowest BCUT2D eigenvalue weighted by molar-refractivity contribution is -0.137. The molecule has 6 heteroatoms. The van der Waals surface area contributed by atoms with Crippen LogP contribution in [0.3, 0.4) is 0 Å². The number of hydrogen-bond acceptors (Lipinski definition) is 2. The van der Waals surface area contributed by atoms with Crippen LogP contribution in [0.4, 0.5) is 17.6 Å². The minimum atomic E-state index is -4.46. The first-order chi connectivity index (χ1) is 11.3. The summed E-state index contributed by atoms with van der Waals surface area (Å²) in [5.74, 6) is -0.803. The molecular weight excluding hydrogens is 322 g/mol. The van der Waals surface area contributed by atoms with Gasteiger partial charge in [-0.25, -0.2) is 4.39 Å². The zero-order valence-electron chi connectivity index (χ0n) is 12.8. The van der Waals surface area contributed by atoms with Gasteiger partial charge >= 0.3 is 6.18 Å². The summed E-state index contributed by atoms with van der Waals surface area (Å²) in [5.41, 5.74) is 0.227. The smallest absolute Gasteiger partial charge is 0.393 e. The number of carbonyl (C=O) groups is 1. The van der Waals surface area contributed by atoms with Crippen molar-refractivity contribution < 1.29 is 22.4 Å². The Labute approximate surface area is 136 Å². The Bertz CT molecular complexity index is 748. The highest BCUT2D eigenvalue weighted by Gasteiger charge is 2.30. The average Bonchev–Trinajstić information content (AvgIpc) is 2.53. The first-order valence-electron chi connectivity index (χ1n) is 7.14. The molecule has 0 bridgehead atoms. The molecule has 2 nitrogen and oxygen atoms in total. The van der Waals surface area contributed by atoms with Crippen LogP contribution >= 0.6 is 0 Å². The Kier molecular flexibility index (Phi) is 5.39. The minimum absolute atomic E-state index is 0.186. The third-order valence-corrected chi connectivity index (χ3v) is 3.36. The third-order valence-electron chi connectivity index (χ3n) is 3.36. The van der Waals surface area contributed by atoms with Gasteiger partial charge in [0.15, 0.2) is 5.78 Å². The summed E-state index contributed by atoms with van der Waals surface area (Å²) in [7, 11) is 1.60. The van der Waals surface area contributed by atoms with Crippen molar-refractivity contribution >= 4 is 11.4 Å². The van der Waals surface area contributed by atoms with E-state index >= 15 is 0 Å². The van der Waals surface area contributed by atoms with E-state index in [4.69, 9.17) is 0 Å². The Hall–Kier alpha value is -2.63. The van der Waals surface area contributed by atoms with E-state index in [1.165, 1.54) is 42.6 Å². The van der Waals surface area contributed by atoms with Gasteiger partial charge in [0.2, 0.25) is 0 Å². The van der Waals surface area contributed by atoms with Crippen molar-refractivity contribution in [1.29, 1.82) is 0 Å². The monoisotopic (exact) mass is 337 g/mol. The molecule has 2 rings (SSSR count). The van der Waals surface area contributed by atoms with E-state index in [1.807, 2.05) is 0 Å². The highest BCUT2D eigenvalue weighted by atomic mass is 19.4. The first kappa shape index (κ1) is 17.7. The summed E-state index contributed by atoms with van der Waals surface area (Å²) in [6, 6.07) is 9.98. The van der Waals surface area contributed by atoms with E-state index in [-0.39, 0.29) is 23.3 Å². The van der Waals surface area contributed by atoms with Gasteiger partial charge in [-0.05, 0) is 29.3 Å². The van der Waals surface area contributed by atoms with Gasteiger partial charge in [0.25, 0.3) is 0 Å². The third kappa shape index (κ3) is 4.44. The Morgan fingerprint density at radius 3 is 2.38 bits per heavy atom. The van der Waals surface area contributed by atoms with Crippen molar-refractivity contribution in [2.75, 3.05) is 7.05 Å². The summed E-state index contributed by atoms with van der Waals surface area (Å²) >= 11 is 0. The average molecular weight is 337 g/mol. The van der Waals surface area contributed by atoms with Gasteiger partial charge in [-0.2, -0.15) is 13.2 Å². The number of benzene rings is 2. The van der Waals surface area contributed by atoms with Crippen molar-refractivity contribution in [2.24, 2.45) is 0 Å². The Balaban J connectivity index is 2.26. The van der Waals surface area contributed by atoms with Crippen molar-refractivity contribution in [3.8, 4) is 0 Å². The molecule has 0 aliphatic rings. The van der Waals surface area contributed by atoms with E-state index in [0.717, 1.165) is 12.1 Å². The number of alkyl halides is 3. The molecule has 0 heterocycles. The second-order valence-electron chi connectivity index (χ2n) is 5.15. The lowest BCUT2D eigenvalue weighted by atomic mass is 9.97. The number of carbonyl (C=O) groups excluding carboxylic acids is 1. The molecule has 24 heavy (non-hydrogen) atoms. The number of hydrogen-bond donors (Lipinski definition) is 1. The number of rotatable bonds is 5. The summed E-state index contributed by atoms with van der Waals surface area (Å²) in [5, 5.41) is 2.73. The second-order valence-corrected chi connectivity index (χ2v) is 5.15. The van der Waals surface area contributed by atoms with Crippen molar-refractivity contribution in [2.45, 2.75) is 12.6 Å². The quantitative estimate of drug-likeness (QED) is 0.654. The molecular formula is C18H15F4NO. The zero-order chi connectivity index (χ0) is 17.7. The second kappa shape index (κ2) is 7.29. The molecule has 2 aromatic rings. The number of nitrogens with one attached hydrogen (secondary N) is 1. The maximum absolute atomic E-state index is 13.0. The molecule has 126 valence electrons. The maximum Gasteiger partial charge on any atom is 0.416 e. The van der Waals surface area contributed by atoms with Crippen LogP contribution in [0.2, 0.25) is 0 Å². The van der Waals surface area contributed by atoms with E-state index in [0.29, 0.717) is 5.56 Å². The van der Waals surface area contributed by atoms with Gasteiger partial charge in [-0.3, -0.25) is 4.79 Å². The Morgan fingerprint density at radius 2 is 1.79 bits per heavy atom. The minimum Gasteiger partial charge on any atom is -0.393 e. The van der Waals surface area contributed by atoms with Crippen LogP contribution < -0.4 is 5.32 Å². The fraction of sp³-hybridized carbons (Fsp3) is 0.167. The van der Waals surface area contributed by atoms with Crippen LogP contribution in [0, 0.1) is 5.82 Å². The molecule has 1 N–H and O–H groups in total. The molecule has 0 saturated heterocycles. The largest absolute Gasteiger partial charge is 0.416 e. The van der Waals surface area contributed by atoms with E-state index in [2.05, 4.69) is 5.32 Å². The summed E-state index contributed by atoms with van der Waals surface area (Å²) in [6.45, 7) is 0. The number of ketones is 1. The van der Waals surface area contributed by atoms with Crippen molar-refractivity contribution in [3.63, 3.8) is 0 Å². The van der Waals surface area contributed by atoms with Gasteiger partial charge in [-0.1, -0.05) is 30.3 Å². The molecule has 0 saturated carbocycles. The molecule has 0 fully saturated rings. The number of allylic oxidation sites excluding steroid dienone is 1. The fourth-order valence-corrected chi connectivity index (χ4v) is 2.24. The maximum atomic E-state index is 13.0. The topological polar surface area (TPSA) is 29.1 Å². The normalized spacial score (nSPS) is 12.1. The summed E-state index contributed by atoms with van der Waals surface area (Å²) < 4.78 is 51.3. The zero-order valence-corrected chi connectivity index (χ0v) is 12.8. The van der Waals surface area contributed by atoms with Crippen molar-refractivity contribution in [1.82, 2.24) is 5.32 Å². The molecule has 0 unspecified atom stereocenters. The highest BCUT2D eigenvalue weighted by Crippen LogP contribution is 2.30. The van der Waals surface area contributed by atoms with Crippen LogP contribution in [-0.2, 0) is 17.4 Å². The van der Waals surface area contributed by atoms with Crippen molar-refractivity contribution in [3.05, 3.63) is 77.2 Å². The van der Waals surface area contributed by atoms with E-state index in [1.54, 1.807) is 7.05 Å². The molecule has 0 amide bonds. The van der Waals surface area contributed by atoms with E-state index < -0.39 is 17.6 Å².